The van der Waals surface area contributed by atoms with Crippen molar-refractivity contribution in [1.82, 2.24) is 0 Å². The fourth-order valence-corrected chi connectivity index (χ4v) is 2.94. The minimum Gasteiger partial charge on any atom is -0.497 e. The summed E-state index contributed by atoms with van der Waals surface area (Å²) in [4.78, 5) is 0. The first-order valence-corrected chi connectivity index (χ1v) is 8.37. The van der Waals surface area contributed by atoms with Crippen LogP contribution in [0.15, 0.2) is 72.8 Å². The first-order valence-electron chi connectivity index (χ1n) is 8.37. The van der Waals surface area contributed by atoms with Crippen LogP contribution in [0.2, 0.25) is 0 Å². The molecule has 26 heavy (non-hydrogen) atoms. The second kappa shape index (κ2) is 8.04. The van der Waals surface area contributed by atoms with Gasteiger partial charge in [0.15, 0.2) is 0 Å². The summed E-state index contributed by atoms with van der Waals surface area (Å²) in [7, 11) is 3.21. The van der Waals surface area contributed by atoms with Gasteiger partial charge in [0.1, 0.15) is 23.7 Å². The summed E-state index contributed by atoms with van der Waals surface area (Å²) in [6.07, 6.45) is -1.69. The Labute approximate surface area is 153 Å². The minimum absolute atomic E-state index is 0.668. The molecule has 0 saturated carbocycles. The third-order valence-corrected chi connectivity index (χ3v) is 4.45. The van der Waals surface area contributed by atoms with Crippen LogP contribution in [-0.4, -0.2) is 24.4 Å². The molecule has 4 heteroatoms. The molecule has 4 nitrogen and oxygen atoms in total. The Hall–Kier alpha value is -2.82. The maximum atomic E-state index is 10.8. The van der Waals surface area contributed by atoms with Gasteiger partial charge in [-0.25, -0.2) is 0 Å². The molecule has 2 atom stereocenters. The van der Waals surface area contributed by atoms with E-state index in [1.54, 1.807) is 38.5 Å². The van der Waals surface area contributed by atoms with Gasteiger partial charge in [-0.1, -0.05) is 48.5 Å². The van der Waals surface area contributed by atoms with Crippen LogP contribution in [0, 0.1) is 0 Å². The second-order valence-electron chi connectivity index (χ2n) is 5.98. The first kappa shape index (κ1) is 18.0. The van der Waals surface area contributed by atoms with Gasteiger partial charge >= 0.3 is 0 Å². The topological polar surface area (TPSA) is 58.9 Å². The number of hydrogen-bond donors (Lipinski definition) is 2. The van der Waals surface area contributed by atoms with Crippen LogP contribution in [0.1, 0.15) is 34.5 Å². The summed E-state index contributed by atoms with van der Waals surface area (Å²) in [5, 5.41) is 21.7. The zero-order chi connectivity index (χ0) is 18.5. The predicted molar refractivity (Wildman–Crippen MR) is 101 cm³/mol. The van der Waals surface area contributed by atoms with E-state index >= 15 is 0 Å². The average Bonchev–Trinajstić information content (AvgIpc) is 2.73. The zero-order valence-corrected chi connectivity index (χ0v) is 14.8. The summed E-state index contributed by atoms with van der Waals surface area (Å²) in [5.41, 5.74) is 2.81. The molecule has 0 bridgehead atoms. The number of methoxy groups -OCH3 is 2. The molecule has 0 saturated heterocycles. The van der Waals surface area contributed by atoms with Gasteiger partial charge in [0, 0.05) is 0 Å². The number of aliphatic hydroxyl groups is 2. The molecule has 0 fully saturated rings. The highest BCUT2D eigenvalue weighted by atomic mass is 16.5. The molecule has 0 aromatic heterocycles. The van der Waals surface area contributed by atoms with Crippen molar-refractivity contribution in [1.29, 1.82) is 0 Å². The Morgan fingerprint density at radius 1 is 0.577 bits per heavy atom. The number of benzene rings is 3. The summed E-state index contributed by atoms with van der Waals surface area (Å²) in [5.74, 6) is 1.46. The first-order chi connectivity index (χ1) is 12.6. The maximum Gasteiger partial charge on any atom is 0.118 e. The Morgan fingerprint density at radius 2 is 0.923 bits per heavy atom. The molecule has 0 aliphatic heterocycles. The highest BCUT2D eigenvalue weighted by Crippen LogP contribution is 2.32. The molecule has 2 N–H and O–H groups in total. The fourth-order valence-electron chi connectivity index (χ4n) is 2.94. The average molecular weight is 350 g/mol. The molecule has 0 spiro atoms. The Balaban J connectivity index is 1.93. The van der Waals surface area contributed by atoms with Crippen molar-refractivity contribution >= 4 is 0 Å². The van der Waals surface area contributed by atoms with Gasteiger partial charge in [0.05, 0.1) is 14.2 Å². The highest BCUT2D eigenvalue weighted by molar-refractivity contribution is 5.42. The minimum atomic E-state index is -0.843. The molecule has 3 aromatic carbocycles. The van der Waals surface area contributed by atoms with Crippen LogP contribution in [0.4, 0.5) is 0 Å². The van der Waals surface area contributed by atoms with Crippen molar-refractivity contribution in [2.75, 3.05) is 14.2 Å². The van der Waals surface area contributed by atoms with Gasteiger partial charge in [-0.05, 0) is 46.5 Å². The van der Waals surface area contributed by atoms with Crippen LogP contribution < -0.4 is 9.47 Å². The van der Waals surface area contributed by atoms with E-state index in [9.17, 15) is 10.2 Å². The smallest absolute Gasteiger partial charge is 0.118 e. The van der Waals surface area contributed by atoms with Gasteiger partial charge < -0.3 is 19.7 Å². The number of ether oxygens (including phenoxy) is 2. The van der Waals surface area contributed by atoms with Gasteiger partial charge in [0.2, 0.25) is 0 Å². The van der Waals surface area contributed by atoms with Crippen molar-refractivity contribution in [3.8, 4) is 11.5 Å². The lowest BCUT2D eigenvalue weighted by molar-refractivity contribution is 0.197. The van der Waals surface area contributed by atoms with Crippen LogP contribution in [0.3, 0.4) is 0 Å². The molecule has 0 amide bonds. The number of hydrogen-bond acceptors (Lipinski definition) is 4. The van der Waals surface area contributed by atoms with E-state index in [1.807, 2.05) is 48.5 Å². The molecule has 0 radical (unpaired) electrons. The number of aliphatic hydroxyl groups excluding tert-OH is 2. The van der Waals surface area contributed by atoms with E-state index in [4.69, 9.17) is 9.47 Å². The standard InChI is InChI=1S/C22H22O4/c1-25-17-11-7-15(8-12-17)21(23)19-5-3-4-6-20(19)22(24)16-9-13-18(26-2)14-10-16/h3-14,21-24H,1-2H3. The van der Waals surface area contributed by atoms with Crippen molar-refractivity contribution in [2.45, 2.75) is 12.2 Å². The number of rotatable bonds is 6. The van der Waals surface area contributed by atoms with Crippen LogP contribution in [0.5, 0.6) is 11.5 Å². The summed E-state index contributed by atoms with van der Waals surface area (Å²) < 4.78 is 10.3. The largest absolute Gasteiger partial charge is 0.497 e. The molecular weight excluding hydrogens is 328 g/mol. The molecule has 0 aliphatic carbocycles. The van der Waals surface area contributed by atoms with E-state index in [-0.39, 0.29) is 0 Å². The lowest BCUT2D eigenvalue weighted by atomic mass is 9.91. The second-order valence-corrected chi connectivity index (χ2v) is 5.98. The summed E-state index contributed by atoms with van der Waals surface area (Å²) >= 11 is 0. The lowest BCUT2D eigenvalue weighted by Gasteiger charge is -2.20. The molecule has 3 aromatic rings. The Bertz CT molecular complexity index is 768. The Morgan fingerprint density at radius 3 is 1.23 bits per heavy atom. The lowest BCUT2D eigenvalue weighted by Crippen LogP contribution is -2.08. The molecule has 2 unspecified atom stereocenters. The highest BCUT2D eigenvalue weighted by Gasteiger charge is 2.20. The quantitative estimate of drug-likeness (QED) is 0.709. The maximum absolute atomic E-state index is 10.8. The monoisotopic (exact) mass is 350 g/mol. The molecule has 0 aliphatic rings. The Kier molecular flexibility index (Phi) is 5.56. The van der Waals surface area contributed by atoms with Crippen LogP contribution >= 0.6 is 0 Å². The third kappa shape index (κ3) is 3.72. The van der Waals surface area contributed by atoms with Gasteiger partial charge in [-0.3, -0.25) is 0 Å². The van der Waals surface area contributed by atoms with E-state index in [0.717, 1.165) is 22.6 Å². The fraction of sp³-hybridized carbons (Fsp3) is 0.182. The SMILES string of the molecule is COc1ccc(C(O)c2ccccc2C(O)c2ccc(OC)cc2)cc1. The van der Waals surface area contributed by atoms with Gasteiger partial charge in [-0.2, -0.15) is 0 Å². The van der Waals surface area contributed by atoms with Crippen LogP contribution in [-0.2, 0) is 0 Å². The summed E-state index contributed by atoms with van der Waals surface area (Å²) in [6, 6.07) is 21.9. The van der Waals surface area contributed by atoms with E-state index in [1.165, 1.54) is 0 Å². The van der Waals surface area contributed by atoms with E-state index in [2.05, 4.69) is 0 Å². The third-order valence-electron chi connectivity index (χ3n) is 4.45. The van der Waals surface area contributed by atoms with E-state index in [0.29, 0.717) is 11.1 Å². The van der Waals surface area contributed by atoms with Gasteiger partial charge in [-0.15, -0.1) is 0 Å². The molecule has 134 valence electrons. The van der Waals surface area contributed by atoms with Crippen molar-refractivity contribution in [3.05, 3.63) is 95.1 Å². The molecular formula is C22H22O4. The summed E-state index contributed by atoms with van der Waals surface area (Å²) in [6.45, 7) is 0. The van der Waals surface area contributed by atoms with Gasteiger partial charge in [0.25, 0.3) is 0 Å². The van der Waals surface area contributed by atoms with Crippen molar-refractivity contribution in [2.24, 2.45) is 0 Å². The van der Waals surface area contributed by atoms with Crippen molar-refractivity contribution in [3.63, 3.8) is 0 Å². The normalized spacial score (nSPS) is 13.1. The zero-order valence-electron chi connectivity index (χ0n) is 14.8. The van der Waals surface area contributed by atoms with E-state index < -0.39 is 12.2 Å². The molecule has 0 heterocycles. The predicted octanol–water partition coefficient (Wildman–Crippen LogP) is 3.87. The van der Waals surface area contributed by atoms with Crippen LogP contribution in [0.25, 0.3) is 0 Å². The molecule has 3 rings (SSSR count). The van der Waals surface area contributed by atoms with Crippen molar-refractivity contribution < 1.29 is 19.7 Å².